The molecule has 65 heavy (non-hydrogen) atoms. The zero-order valence-electron chi connectivity index (χ0n) is 38.4. The quantitative estimate of drug-likeness (QED) is 0.157. The molecule has 2 aliphatic carbocycles. The van der Waals surface area contributed by atoms with Gasteiger partial charge in [-0.1, -0.05) is 50.3 Å². The smallest absolute Gasteiger partial charge is 0.270 e. The van der Waals surface area contributed by atoms with Gasteiger partial charge < -0.3 is 34.6 Å². The number of nitrogens with zero attached hydrogens (tertiary/aromatic N) is 8. The molecule has 1 unspecified atom stereocenters. The Bertz CT molecular complexity index is 2370. The number of piperidine rings is 3. The van der Waals surface area contributed by atoms with Crippen molar-refractivity contribution in [2.75, 3.05) is 59.2 Å². The van der Waals surface area contributed by atoms with E-state index >= 15 is 0 Å². The Labute approximate surface area is 382 Å². The average molecular weight is 887 g/mol. The second kappa shape index (κ2) is 19.3. The molecule has 5 fully saturated rings. The zero-order chi connectivity index (χ0) is 45.2. The minimum atomic E-state index is -0.868. The number of aromatic nitrogens is 4. The first-order valence-electron chi connectivity index (χ1n) is 24.2. The van der Waals surface area contributed by atoms with Crippen LogP contribution in [0.25, 0.3) is 11.0 Å². The van der Waals surface area contributed by atoms with Crippen molar-refractivity contribution >= 4 is 46.4 Å². The van der Waals surface area contributed by atoms with Crippen LogP contribution < -0.4 is 10.6 Å². The van der Waals surface area contributed by atoms with Gasteiger partial charge in [-0.15, -0.1) is 0 Å². The van der Waals surface area contributed by atoms with Crippen LogP contribution in [0, 0.1) is 5.92 Å². The van der Waals surface area contributed by atoms with Gasteiger partial charge in [0.2, 0.25) is 17.8 Å². The third-order valence-electron chi connectivity index (χ3n) is 15.1. The highest BCUT2D eigenvalue weighted by atomic mass is 16.3. The van der Waals surface area contributed by atoms with Crippen molar-refractivity contribution < 1.29 is 24.3 Å². The average Bonchev–Trinajstić information content (AvgIpc) is 4.06. The number of likely N-dealkylation sites (tertiary alicyclic amines) is 2. The highest BCUT2D eigenvalue weighted by Crippen LogP contribution is 2.38. The van der Waals surface area contributed by atoms with Gasteiger partial charge in [-0.25, -0.2) is 9.97 Å². The molecule has 0 radical (unpaired) electrons. The lowest BCUT2D eigenvalue weighted by atomic mass is 9.83. The Morgan fingerprint density at radius 1 is 0.877 bits per heavy atom. The number of nitrogens with one attached hydrogen (secondary N) is 2. The lowest BCUT2D eigenvalue weighted by Crippen LogP contribution is -2.52. The Hall–Kier alpha value is -5.25. The number of imide groups is 1. The Morgan fingerprint density at radius 2 is 1.62 bits per heavy atom. The van der Waals surface area contributed by atoms with Crippen LogP contribution in [-0.2, 0) is 21.7 Å². The zero-order valence-corrected chi connectivity index (χ0v) is 38.4. The molecule has 0 spiro atoms. The fraction of sp³-hybridized carbons (Fsp3) is 0.580. The van der Waals surface area contributed by atoms with Crippen LogP contribution >= 0.6 is 0 Å². The Balaban J connectivity index is 0.000000178. The van der Waals surface area contributed by atoms with E-state index in [-0.39, 0.29) is 24.1 Å². The number of amides is 4. The van der Waals surface area contributed by atoms with E-state index in [9.17, 15) is 24.3 Å². The molecule has 4 amide bonds. The van der Waals surface area contributed by atoms with Gasteiger partial charge in [-0.2, -0.15) is 4.98 Å². The van der Waals surface area contributed by atoms with Crippen LogP contribution in [-0.4, -0.2) is 128 Å². The van der Waals surface area contributed by atoms with Crippen LogP contribution in [0.4, 0.5) is 11.8 Å². The van der Waals surface area contributed by atoms with E-state index in [2.05, 4.69) is 36.1 Å². The summed E-state index contributed by atoms with van der Waals surface area (Å²) in [6, 6.07) is 11.4. The highest BCUT2D eigenvalue weighted by molar-refractivity contribution is 6.05. The first-order valence-corrected chi connectivity index (χ1v) is 24.2. The summed E-state index contributed by atoms with van der Waals surface area (Å²) in [4.78, 5) is 71.4. The Morgan fingerprint density at radius 3 is 2.31 bits per heavy atom. The number of aliphatic hydroxyl groups is 1. The molecule has 4 aromatic rings. The van der Waals surface area contributed by atoms with Gasteiger partial charge >= 0.3 is 0 Å². The second-order valence-electron chi connectivity index (χ2n) is 19.8. The van der Waals surface area contributed by atoms with Gasteiger partial charge in [-0.3, -0.25) is 24.5 Å². The number of hydrogen-bond acceptors (Lipinski definition) is 11. The monoisotopic (exact) mass is 887 g/mol. The molecular formula is C50H66N10O5. The number of fused-ring (bicyclic) bond motifs is 2. The summed E-state index contributed by atoms with van der Waals surface area (Å²) in [7, 11) is 5.64. The van der Waals surface area contributed by atoms with E-state index in [1.807, 2.05) is 43.7 Å². The van der Waals surface area contributed by atoms with Crippen molar-refractivity contribution in [2.45, 2.75) is 126 Å². The molecule has 1 atom stereocenters. The minimum absolute atomic E-state index is 0.00600. The van der Waals surface area contributed by atoms with Crippen LogP contribution in [0.3, 0.4) is 0 Å². The van der Waals surface area contributed by atoms with Crippen LogP contribution in [0.5, 0.6) is 0 Å². The van der Waals surface area contributed by atoms with Crippen molar-refractivity contribution in [3.8, 4) is 0 Å². The summed E-state index contributed by atoms with van der Waals surface area (Å²) in [6.07, 6.45) is 19.9. The topological polar surface area (TPSA) is 169 Å². The summed E-state index contributed by atoms with van der Waals surface area (Å²) >= 11 is 0. The van der Waals surface area contributed by atoms with Crippen molar-refractivity contribution in [1.82, 2.24) is 44.4 Å². The first kappa shape index (κ1) is 44.9. The summed E-state index contributed by atoms with van der Waals surface area (Å²) in [5, 5.41) is 17.5. The molecule has 2 saturated carbocycles. The molecule has 15 nitrogen and oxygen atoms in total. The Kier molecular flexibility index (Phi) is 13.3. The largest absolute Gasteiger partial charge is 0.385 e. The van der Waals surface area contributed by atoms with Gasteiger partial charge in [0.15, 0.2) is 0 Å². The van der Waals surface area contributed by atoms with E-state index in [1.54, 1.807) is 25.1 Å². The summed E-state index contributed by atoms with van der Waals surface area (Å²) < 4.78 is 2.15. The number of anilines is 2. The fourth-order valence-corrected chi connectivity index (χ4v) is 11.2. The number of hydrogen-bond donors (Lipinski definition) is 3. The lowest BCUT2D eigenvalue weighted by Gasteiger charge is -2.37. The molecule has 3 saturated heterocycles. The van der Waals surface area contributed by atoms with Crippen molar-refractivity contribution in [3.63, 3.8) is 0 Å². The minimum Gasteiger partial charge on any atom is -0.385 e. The van der Waals surface area contributed by atoms with Crippen molar-refractivity contribution in [2.24, 2.45) is 5.92 Å². The molecule has 3 N–H and O–H groups in total. The third-order valence-corrected chi connectivity index (χ3v) is 15.1. The van der Waals surface area contributed by atoms with Crippen LogP contribution in [0.2, 0.25) is 0 Å². The number of carbonyl (C=O) groups excluding carboxylic acids is 4. The molecule has 6 aliphatic rings. The standard InChI is InChI=1S/C31H43N7O.C19H23N3O4/c1-36(2)30(39)27-18-25-20-33-31(35-29(25)38(27)26-10-6-7-11-26)34-28-13-12-24(19-32-28)23-14-16-37(17-15-23)21-22-8-4-3-5-9-22;1-21-8-6-19(26,7-9-21)13-2-3-14-12(10-13)11-22(18(14)25)15-4-5-16(23)20-17(15)24/h12-13,18-20,22-23,26H,3-11,14-17,21H2,1-2H3,(H,32,33,34,35);2-3,10,15,26H,4-9,11H2,1H3,(H,20,23,24). The number of rotatable bonds is 9. The maximum atomic E-state index is 13.0. The highest BCUT2D eigenvalue weighted by Gasteiger charge is 2.41. The molecule has 0 bridgehead atoms. The molecule has 15 heteroatoms. The van der Waals surface area contributed by atoms with Crippen LogP contribution in [0.1, 0.15) is 146 Å². The lowest BCUT2D eigenvalue weighted by molar-refractivity contribution is -0.136. The van der Waals surface area contributed by atoms with E-state index in [0.717, 1.165) is 59.8 Å². The molecule has 4 aliphatic heterocycles. The number of pyridine rings is 1. The SMILES string of the molecule is CN(C)C(=O)c1cc2cnc(Nc3ccc(C4CCN(CC5CCCCC5)CC4)cn3)nc2n1C1CCCC1.CN1CCC(O)(c2ccc3c(c2)CN(C2CCC(=O)NC2=O)C3=O)CC1. The number of carbonyl (C=O) groups is 4. The van der Waals surface area contributed by atoms with E-state index in [0.29, 0.717) is 55.0 Å². The normalized spacial score (nSPS) is 22.4. The van der Waals surface area contributed by atoms with E-state index in [4.69, 9.17) is 9.97 Å². The van der Waals surface area contributed by atoms with Gasteiger partial charge in [0.05, 0.1) is 5.60 Å². The summed E-state index contributed by atoms with van der Waals surface area (Å²) in [5.74, 6) is 1.90. The number of benzene rings is 1. The van der Waals surface area contributed by atoms with E-state index < -0.39 is 17.6 Å². The first-order chi connectivity index (χ1) is 31.4. The molecule has 7 heterocycles. The van der Waals surface area contributed by atoms with Gasteiger partial charge in [0.25, 0.3) is 11.8 Å². The van der Waals surface area contributed by atoms with Crippen molar-refractivity contribution in [1.29, 1.82) is 0 Å². The van der Waals surface area contributed by atoms with Crippen molar-refractivity contribution in [3.05, 3.63) is 76.7 Å². The van der Waals surface area contributed by atoms with E-state index in [1.165, 1.54) is 87.9 Å². The predicted octanol–water partition coefficient (Wildman–Crippen LogP) is 6.51. The maximum absolute atomic E-state index is 13.0. The molecule has 10 rings (SSSR count). The molecular weight excluding hydrogens is 821 g/mol. The van der Waals surface area contributed by atoms with Gasteiger partial charge in [0.1, 0.15) is 23.2 Å². The summed E-state index contributed by atoms with van der Waals surface area (Å²) in [6.45, 7) is 5.70. The van der Waals surface area contributed by atoms with Gasteiger partial charge in [0, 0.05) is 76.1 Å². The predicted molar refractivity (Wildman–Crippen MR) is 249 cm³/mol. The molecule has 346 valence electrons. The third kappa shape index (κ3) is 9.83. The molecule has 1 aromatic carbocycles. The maximum Gasteiger partial charge on any atom is 0.270 e. The second-order valence-corrected chi connectivity index (χ2v) is 19.8. The fourth-order valence-electron chi connectivity index (χ4n) is 11.2. The van der Waals surface area contributed by atoms with Gasteiger partial charge in [-0.05, 0) is 125 Å². The summed E-state index contributed by atoms with van der Waals surface area (Å²) in [5.41, 5.74) is 4.23. The van der Waals surface area contributed by atoms with Crippen LogP contribution in [0.15, 0.2) is 48.8 Å². The molecule has 3 aromatic heterocycles.